The van der Waals surface area contributed by atoms with Gasteiger partial charge in [0.05, 0.1) is 16.4 Å². The fourth-order valence-corrected chi connectivity index (χ4v) is 7.44. The van der Waals surface area contributed by atoms with Crippen LogP contribution in [0, 0.1) is 7.14 Å². The first-order chi connectivity index (χ1) is 14.4. The molecule has 0 spiro atoms. The third-order valence-electron chi connectivity index (χ3n) is 4.73. The Balaban J connectivity index is 2.29. The highest BCUT2D eigenvalue weighted by molar-refractivity contribution is 14.1. The molecule has 1 N–H and O–H groups in total. The van der Waals surface area contributed by atoms with Gasteiger partial charge in [0.15, 0.2) is 22.2 Å². The molecule has 0 aliphatic rings. The van der Waals surface area contributed by atoms with Gasteiger partial charge in [-0.05, 0) is 85.8 Å². The van der Waals surface area contributed by atoms with Crippen molar-refractivity contribution in [1.29, 1.82) is 0 Å². The summed E-state index contributed by atoms with van der Waals surface area (Å²) in [6.07, 6.45) is 0. The second-order valence-corrected chi connectivity index (χ2v) is 10.8. The first-order valence-corrected chi connectivity index (χ1v) is 13.4. The van der Waals surface area contributed by atoms with Crippen LogP contribution in [0.25, 0.3) is 32.7 Å². The van der Waals surface area contributed by atoms with Crippen molar-refractivity contribution >= 4 is 88.9 Å². The topological polar surface area (TPSA) is 63.6 Å². The van der Waals surface area contributed by atoms with Crippen molar-refractivity contribution in [3.8, 4) is 11.1 Å². The molecular weight excluding hydrogens is 646 g/mol. The smallest absolute Gasteiger partial charge is 0.190 e. The largest absolute Gasteiger partial charge is 0.302 e. The highest BCUT2D eigenvalue weighted by Gasteiger charge is 2.26. The van der Waals surface area contributed by atoms with Crippen LogP contribution in [0.15, 0.2) is 70.5 Å². The van der Waals surface area contributed by atoms with Gasteiger partial charge in [0.2, 0.25) is 0 Å². The van der Waals surface area contributed by atoms with Crippen molar-refractivity contribution in [3.63, 3.8) is 0 Å². The summed E-state index contributed by atoms with van der Waals surface area (Å²) in [5.74, 6) is 0. The van der Waals surface area contributed by atoms with Crippen LogP contribution >= 0.6 is 45.2 Å². The van der Waals surface area contributed by atoms with Gasteiger partial charge in [0, 0.05) is 18.3 Å². The lowest BCUT2D eigenvalue weighted by Crippen LogP contribution is -2.06. The molecular formula is C22H16I2O4S2. The molecule has 0 aliphatic heterocycles. The Kier molecular flexibility index (Phi) is 6.90. The third-order valence-corrected chi connectivity index (χ3v) is 9.14. The second kappa shape index (κ2) is 9.29. The fourth-order valence-electron chi connectivity index (χ4n) is 3.58. The monoisotopic (exact) mass is 662 g/mol. The number of hydrogen-bond donors (Lipinski definition) is 1. The van der Waals surface area contributed by atoms with Gasteiger partial charge in [0.25, 0.3) is 0 Å². The Morgan fingerprint density at radius 3 is 1.80 bits per heavy atom. The molecule has 30 heavy (non-hydrogen) atoms. The summed E-state index contributed by atoms with van der Waals surface area (Å²) in [6, 6.07) is 19.4. The zero-order valence-corrected chi connectivity index (χ0v) is 21.7. The fraction of sp³-hybridized carbons (Fsp3) is 0.0909. The quantitative estimate of drug-likeness (QED) is 0.196. The highest BCUT2D eigenvalue weighted by atomic mass is 127. The molecule has 2 unspecified atom stereocenters. The van der Waals surface area contributed by atoms with Crippen molar-refractivity contribution in [1.82, 2.24) is 0 Å². The summed E-state index contributed by atoms with van der Waals surface area (Å²) in [4.78, 5) is 0.839. The minimum atomic E-state index is -2.23. The molecule has 154 valence electrons. The number of rotatable bonds is 5. The molecule has 4 aromatic rings. The van der Waals surface area contributed by atoms with Crippen LogP contribution in [0.5, 0.6) is 0 Å². The average Bonchev–Trinajstić information content (AvgIpc) is 2.71. The first-order valence-electron chi connectivity index (χ1n) is 9.02. The zero-order valence-electron chi connectivity index (χ0n) is 15.7. The number of halogens is 2. The van der Waals surface area contributed by atoms with E-state index in [0.29, 0.717) is 31.1 Å². The molecule has 0 saturated heterocycles. The minimum absolute atomic E-state index is 0.292. The predicted molar refractivity (Wildman–Crippen MR) is 139 cm³/mol. The van der Waals surface area contributed by atoms with Gasteiger partial charge in [0.1, 0.15) is 0 Å². The van der Waals surface area contributed by atoms with Crippen LogP contribution in [0.4, 0.5) is 0 Å². The van der Waals surface area contributed by atoms with Gasteiger partial charge in [-0.1, -0.05) is 48.5 Å². The molecule has 0 fully saturated rings. The van der Waals surface area contributed by atoms with Crippen LogP contribution in [0.3, 0.4) is 0 Å². The molecule has 0 heterocycles. The van der Waals surface area contributed by atoms with E-state index in [4.69, 9.17) is 4.18 Å². The Morgan fingerprint density at radius 2 is 1.30 bits per heavy atom. The maximum absolute atomic E-state index is 13.1. The molecule has 4 aromatic carbocycles. The molecule has 0 radical (unpaired) electrons. The van der Waals surface area contributed by atoms with Crippen molar-refractivity contribution in [2.45, 2.75) is 16.7 Å². The van der Waals surface area contributed by atoms with Crippen LogP contribution < -0.4 is 0 Å². The van der Waals surface area contributed by atoms with Gasteiger partial charge >= 0.3 is 0 Å². The summed E-state index contributed by atoms with van der Waals surface area (Å²) < 4.78 is 42.8. The minimum Gasteiger partial charge on any atom is -0.302 e. The summed E-state index contributed by atoms with van der Waals surface area (Å²) in [6.45, 7) is 2.08. The molecule has 0 amide bonds. The van der Waals surface area contributed by atoms with E-state index in [1.54, 1.807) is 6.92 Å². The lowest BCUT2D eigenvalue weighted by molar-refractivity contribution is 0.371. The van der Waals surface area contributed by atoms with Crippen molar-refractivity contribution in [2.24, 2.45) is 0 Å². The summed E-state index contributed by atoms with van der Waals surface area (Å²) in [7, 11) is 0. The van der Waals surface area contributed by atoms with E-state index < -0.39 is 22.2 Å². The maximum Gasteiger partial charge on any atom is 0.190 e. The highest BCUT2D eigenvalue weighted by Crippen LogP contribution is 2.44. The van der Waals surface area contributed by atoms with E-state index in [-0.39, 0.29) is 0 Å². The summed E-state index contributed by atoms with van der Waals surface area (Å²) in [5.41, 5.74) is 1.30. The predicted octanol–water partition coefficient (Wildman–Crippen LogP) is 6.51. The number of fused-ring (bicyclic) bond motifs is 2. The van der Waals surface area contributed by atoms with Gasteiger partial charge in [-0.2, -0.15) is 0 Å². The Morgan fingerprint density at radius 1 is 0.833 bits per heavy atom. The maximum atomic E-state index is 13.1. The van der Waals surface area contributed by atoms with Crippen molar-refractivity contribution < 1.29 is 17.2 Å². The van der Waals surface area contributed by atoms with Crippen LogP contribution in [-0.2, 0) is 26.3 Å². The molecule has 0 aliphatic carbocycles. The molecule has 8 heteroatoms. The number of hydrogen-bond acceptors (Lipinski definition) is 3. The standard InChI is InChI=1S/C22H16I2O4S2/c1-2-28-30(27)22-18(24)12-14-8-4-6-10-16(14)20(22)19-15-9-5-3-7-13(15)11-17(23)21(19)29(25)26/h3-12H,2H2,1H3,(H,25,26). The SMILES string of the molecule is CCOS(=O)c1c(I)cc2ccccc2c1-c1c(S(=O)O)c(I)cc2ccccc12. The lowest BCUT2D eigenvalue weighted by atomic mass is 9.94. The normalized spacial score (nSPS) is 13.6. The molecule has 0 saturated carbocycles. The lowest BCUT2D eigenvalue weighted by Gasteiger charge is -2.19. The van der Waals surface area contributed by atoms with Gasteiger partial charge < -0.3 is 4.55 Å². The van der Waals surface area contributed by atoms with E-state index in [9.17, 15) is 13.0 Å². The van der Waals surface area contributed by atoms with Crippen LogP contribution in [0.2, 0.25) is 0 Å². The van der Waals surface area contributed by atoms with Gasteiger partial charge in [-0.25, -0.2) is 8.42 Å². The van der Waals surface area contributed by atoms with E-state index in [0.717, 1.165) is 25.1 Å². The molecule has 4 nitrogen and oxygen atoms in total. The Hall–Kier alpha value is -0.920. The summed E-state index contributed by atoms with van der Waals surface area (Å²) in [5, 5.41) is 3.60. The van der Waals surface area contributed by atoms with Gasteiger partial charge in [-0.3, -0.25) is 4.18 Å². The Bertz CT molecular complexity index is 1340. The van der Waals surface area contributed by atoms with E-state index in [2.05, 4.69) is 45.2 Å². The number of benzene rings is 4. The molecule has 0 bridgehead atoms. The van der Waals surface area contributed by atoms with E-state index in [1.807, 2.05) is 60.7 Å². The average molecular weight is 662 g/mol. The summed E-state index contributed by atoms with van der Waals surface area (Å²) >= 11 is 0.298. The Labute approximate surface area is 206 Å². The van der Waals surface area contributed by atoms with Crippen molar-refractivity contribution in [3.05, 3.63) is 67.8 Å². The molecule has 2 atom stereocenters. The zero-order chi connectivity index (χ0) is 21.4. The second-order valence-electron chi connectivity index (χ2n) is 6.46. The van der Waals surface area contributed by atoms with E-state index in [1.165, 1.54) is 0 Å². The first kappa shape index (κ1) is 22.3. The van der Waals surface area contributed by atoms with Crippen molar-refractivity contribution in [2.75, 3.05) is 6.61 Å². The van der Waals surface area contributed by atoms with E-state index >= 15 is 0 Å². The third kappa shape index (κ3) is 3.97. The molecule has 4 rings (SSSR count). The molecule has 0 aromatic heterocycles. The van der Waals surface area contributed by atoms with Crippen LogP contribution in [-0.4, -0.2) is 19.6 Å². The van der Waals surface area contributed by atoms with Gasteiger partial charge in [-0.15, -0.1) is 0 Å². The van der Waals surface area contributed by atoms with Crippen LogP contribution in [0.1, 0.15) is 6.92 Å².